The van der Waals surface area contributed by atoms with Crippen LogP contribution in [-0.4, -0.2) is 53.7 Å². The minimum Gasteiger partial charge on any atom is -0.465 e. The van der Waals surface area contributed by atoms with Gasteiger partial charge in [0.1, 0.15) is 23.7 Å². The van der Waals surface area contributed by atoms with E-state index in [0.29, 0.717) is 23.5 Å². The second-order valence-corrected chi connectivity index (χ2v) is 15.4. The highest BCUT2D eigenvalue weighted by Gasteiger charge is 2.16. The molecule has 1 aromatic heterocycles. The number of carbonyl (C=O) groups is 2. The first-order valence-electron chi connectivity index (χ1n) is 10.8. The van der Waals surface area contributed by atoms with Crippen LogP contribution in [-0.2, 0) is 22.7 Å². The monoisotopic (exact) mass is 474 g/mol. The highest BCUT2D eigenvalue weighted by molar-refractivity contribution is 6.76. The number of carbonyl (C=O) groups excluding carboxylic acids is 1. The van der Waals surface area contributed by atoms with Crippen LogP contribution in [0.15, 0.2) is 18.2 Å². The summed E-state index contributed by atoms with van der Waals surface area (Å²) < 4.78 is 13.0. The molecule has 0 aliphatic carbocycles. The van der Waals surface area contributed by atoms with Crippen molar-refractivity contribution in [2.75, 3.05) is 13.2 Å². The maximum absolute atomic E-state index is 11.8. The van der Waals surface area contributed by atoms with Crippen molar-refractivity contribution in [2.45, 2.75) is 65.3 Å². The number of alkyl carbamates (subject to hydrolysis) is 1. The Balaban J connectivity index is 2.20. The third-order valence-corrected chi connectivity index (χ3v) is 6.12. The summed E-state index contributed by atoms with van der Waals surface area (Å²) in [5, 5.41) is 14.0. The van der Waals surface area contributed by atoms with E-state index in [1.54, 1.807) is 20.8 Å². The number of hydrogen-bond acceptors (Lipinski definition) is 5. The quantitative estimate of drug-likeness (QED) is 0.303. The molecule has 180 valence electrons. The third-order valence-electron chi connectivity index (χ3n) is 4.42. The first kappa shape index (κ1) is 26.2. The molecule has 9 nitrogen and oxygen atoms in total. The number of fused-ring (bicyclic) bond motifs is 1. The Morgan fingerprint density at radius 3 is 2.58 bits per heavy atom. The van der Waals surface area contributed by atoms with Crippen LogP contribution in [0.2, 0.25) is 25.7 Å². The van der Waals surface area contributed by atoms with Gasteiger partial charge in [0.15, 0.2) is 0 Å². The molecule has 0 unspecified atom stereocenters. The normalized spacial score (nSPS) is 11.6. The van der Waals surface area contributed by atoms with E-state index in [1.807, 2.05) is 22.8 Å². The van der Waals surface area contributed by atoms with Crippen LogP contribution in [0, 0.1) is 11.8 Å². The molecule has 0 aliphatic heterocycles. The zero-order valence-corrected chi connectivity index (χ0v) is 21.2. The Morgan fingerprint density at radius 2 is 1.94 bits per heavy atom. The average Bonchev–Trinajstić information content (AvgIpc) is 3.03. The maximum Gasteiger partial charge on any atom is 0.408 e. The van der Waals surface area contributed by atoms with Gasteiger partial charge >= 0.3 is 12.2 Å². The van der Waals surface area contributed by atoms with E-state index in [2.05, 4.69) is 47.1 Å². The molecule has 0 saturated heterocycles. The van der Waals surface area contributed by atoms with Gasteiger partial charge in [-0.25, -0.2) is 14.6 Å². The predicted molar refractivity (Wildman–Crippen MR) is 130 cm³/mol. The molecule has 2 amide bonds. The fourth-order valence-corrected chi connectivity index (χ4v) is 3.59. The second-order valence-electron chi connectivity index (χ2n) is 9.79. The SMILES string of the molecule is CC(C)(C)OC(=O)NCC#Cc1cccc2c1nc(CNC(=O)O)n2COCC[Si](C)(C)C. The van der Waals surface area contributed by atoms with Crippen LogP contribution < -0.4 is 10.6 Å². The lowest BCUT2D eigenvalue weighted by Gasteiger charge is -2.19. The van der Waals surface area contributed by atoms with Crippen LogP contribution in [0.1, 0.15) is 32.2 Å². The predicted octanol–water partition coefficient (Wildman–Crippen LogP) is 3.99. The van der Waals surface area contributed by atoms with Crippen LogP contribution in [0.3, 0.4) is 0 Å². The first-order valence-corrected chi connectivity index (χ1v) is 14.5. The summed E-state index contributed by atoms with van der Waals surface area (Å²) in [6, 6.07) is 6.63. The lowest BCUT2D eigenvalue weighted by Crippen LogP contribution is -2.32. The Morgan fingerprint density at radius 1 is 1.21 bits per heavy atom. The summed E-state index contributed by atoms with van der Waals surface area (Å²) in [6.45, 7) is 13.3. The van der Waals surface area contributed by atoms with E-state index >= 15 is 0 Å². The standard InChI is InChI=1S/C23H34N4O5Si/c1-23(2,3)32-22(30)24-12-8-10-17-9-7-11-18-20(17)26-19(15-25-21(28)29)27(18)16-31-13-14-33(4,5)6/h7,9,11,25H,12-16H2,1-6H3,(H,24,30)(H,28,29). The Kier molecular flexibility index (Phi) is 8.90. The number of para-hydroxylation sites is 1. The molecule has 33 heavy (non-hydrogen) atoms. The molecule has 0 aliphatic rings. The number of aromatic nitrogens is 2. The van der Waals surface area contributed by atoms with Gasteiger partial charge in [-0.3, -0.25) is 0 Å². The smallest absolute Gasteiger partial charge is 0.408 e. The summed E-state index contributed by atoms with van der Waals surface area (Å²) in [7, 11) is -1.22. The number of nitrogens with zero attached hydrogens (tertiary/aromatic N) is 2. The fourth-order valence-electron chi connectivity index (χ4n) is 2.83. The fraction of sp³-hybridized carbons (Fsp3) is 0.522. The van der Waals surface area contributed by atoms with Crippen molar-refractivity contribution < 1.29 is 24.2 Å². The van der Waals surface area contributed by atoms with Crippen molar-refractivity contribution >= 4 is 31.3 Å². The Bertz CT molecular complexity index is 1040. The van der Waals surface area contributed by atoms with Crippen molar-refractivity contribution in [1.29, 1.82) is 0 Å². The number of benzene rings is 1. The molecule has 0 spiro atoms. The van der Waals surface area contributed by atoms with Gasteiger partial charge in [-0.1, -0.05) is 37.5 Å². The minimum atomic E-state index is -1.22. The van der Waals surface area contributed by atoms with Gasteiger partial charge in [0.05, 0.1) is 24.2 Å². The molecule has 0 radical (unpaired) electrons. The van der Waals surface area contributed by atoms with Gasteiger partial charge in [0.2, 0.25) is 0 Å². The molecule has 10 heteroatoms. The zero-order valence-electron chi connectivity index (χ0n) is 20.2. The minimum absolute atomic E-state index is 0.0501. The topological polar surface area (TPSA) is 115 Å². The number of amides is 2. The van der Waals surface area contributed by atoms with Crippen LogP contribution >= 0.6 is 0 Å². The molecular formula is C23H34N4O5Si. The van der Waals surface area contributed by atoms with E-state index in [4.69, 9.17) is 14.6 Å². The maximum atomic E-state index is 11.8. The first-order chi connectivity index (χ1) is 15.4. The van der Waals surface area contributed by atoms with E-state index in [-0.39, 0.29) is 19.8 Å². The summed E-state index contributed by atoms with van der Waals surface area (Å²) >= 11 is 0. The van der Waals surface area contributed by atoms with E-state index in [0.717, 1.165) is 11.6 Å². The van der Waals surface area contributed by atoms with Crippen LogP contribution in [0.4, 0.5) is 9.59 Å². The number of nitrogens with one attached hydrogen (secondary N) is 2. The van der Waals surface area contributed by atoms with Gasteiger partial charge < -0.3 is 29.8 Å². The summed E-state index contributed by atoms with van der Waals surface area (Å²) in [6.07, 6.45) is -1.65. The lowest BCUT2D eigenvalue weighted by molar-refractivity contribution is 0.0535. The molecule has 1 aromatic carbocycles. The molecular weight excluding hydrogens is 440 g/mol. The van der Waals surface area contributed by atoms with E-state index < -0.39 is 25.9 Å². The van der Waals surface area contributed by atoms with Crippen molar-refractivity contribution in [3.05, 3.63) is 29.6 Å². The second kappa shape index (κ2) is 11.2. The van der Waals surface area contributed by atoms with Crippen molar-refractivity contribution in [2.24, 2.45) is 0 Å². The molecule has 2 rings (SSSR count). The number of imidazole rings is 1. The molecule has 2 aromatic rings. The third kappa shape index (κ3) is 9.16. The number of ether oxygens (including phenoxy) is 2. The van der Waals surface area contributed by atoms with Gasteiger partial charge in [0.25, 0.3) is 0 Å². The molecule has 0 saturated carbocycles. The van der Waals surface area contributed by atoms with E-state index in [1.165, 1.54) is 0 Å². The van der Waals surface area contributed by atoms with E-state index in [9.17, 15) is 9.59 Å². The molecule has 0 bridgehead atoms. The highest BCUT2D eigenvalue weighted by atomic mass is 28.3. The summed E-state index contributed by atoms with van der Waals surface area (Å²) in [5.74, 6) is 6.48. The van der Waals surface area contributed by atoms with Crippen molar-refractivity contribution in [3.63, 3.8) is 0 Å². The highest BCUT2D eigenvalue weighted by Crippen LogP contribution is 2.20. The lowest BCUT2D eigenvalue weighted by atomic mass is 10.2. The Labute approximate surface area is 195 Å². The molecule has 3 N–H and O–H groups in total. The number of rotatable bonds is 8. The molecule has 0 fully saturated rings. The summed E-state index contributed by atoms with van der Waals surface area (Å²) in [4.78, 5) is 27.4. The van der Waals surface area contributed by atoms with Crippen molar-refractivity contribution in [3.8, 4) is 11.8 Å². The number of carboxylic acid groups (broad SMARTS) is 1. The largest absolute Gasteiger partial charge is 0.465 e. The average molecular weight is 475 g/mol. The summed E-state index contributed by atoms with van der Waals surface area (Å²) in [5.41, 5.74) is 1.55. The Hall–Kier alpha value is -3.03. The zero-order chi connectivity index (χ0) is 24.6. The van der Waals surface area contributed by atoms with Crippen LogP contribution in [0.5, 0.6) is 0 Å². The van der Waals surface area contributed by atoms with Gasteiger partial charge in [-0.15, -0.1) is 0 Å². The van der Waals surface area contributed by atoms with Gasteiger partial charge in [0, 0.05) is 14.7 Å². The molecule has 1 heterocycles. The van der Waals surface area contributed by atoms with Gasteiger partial charge in [-0.05, 0) is 38.9 Å². The van der Waals surface area contributed by atoms with Crippen molar-refractivity contribution in [1.82, 2.24) is 20.2 Å². The van der Waals surface area contributed by atoms with Crippen LogP contribution in [0.25, 0.3) is 11.0 Å². The molecule has 0 atom stereocenters. The number of hydrogen-bond donors (Lipinski definition) is 3. The van der Waals surface area contributed by atoms with Gasteiger partial charge in [-0.2, -0.15) is 0 Å².